The van der Waals surface area contributed by atoms with E-state index in [0.717, 1.165) is 0 Å². The minimum Gasteiger partial charge on any atom is -0.397 e. The number of fused-ring (bicyclic) bond motifs is 1. The predicted molar refractivity (Wildman–Crippen MR) is 46.2 cm³/mol. The monoisotopic (exact) mass is 181 g/mol. The zero-order valence-corrected chi connectivity index (χ0v) is 6.52. The fourth-order valence-corrected chi connectivity index (χ4v) is 1.10. The molecule has 0 bridgehead atoms. The lowest BCUT2D eigenvalue weighted by Crippen LogP contribution is -2.24. The van der Waals surface area contributed by atoms with Crippen molar-refractivity contribution in [2.45, 2.75) is 0 Å². The van der Waals surface area contributed by atoms with Crippen LogP contribution in [-0.4, -0.2) is 5.16 Å². The van der Waals surface area contributed by atoms with Gasteiger partial charge in [0, 0.05) is 11.2 Å². The summed E-state index contributed by atoms with van der Waals surface area (Å²) in [6, 6.07) is 1.43. The molecule has 7 heteroatoms. The molecule has 2 aromatic rings. The van der Waals surface area contributed by atoms with Gasteiger partial charge in [-0.3, -0.25) is 4.63 Å². The van der Waals surface area contributed by atoms with Crippen LogP contribution in [-0.2, 0) is 0 Å². The molecular formula is C6H7N5O2. The van der Waals surface area contributed by atoms with E-state index in [1.165, 1.54) is 6.07 Å². The quantitative estimate of drug-likeness (QED) is 0.360. The van der Waals surface area contributed by atoms with Crippen molar-refractivity contribution in [2.24, 2.45) is 0 Å². The van der Waals surface area contributed by atoms with E-state index in [1.54, 1.807) is 0 Å². The Hall–Kier alpha value is -2.18. The summed E-state index contributed by atoms with van der Waals surface area (Å²) in [6.45, 7) is 0. The van der Waals surface area contributed by atoms with Crippen molar-refractivity contribution in [3.63, 3.8) is 0 Å². The Morgan fingerprint density at radius 2 is 2.00 bits per heavy atom. The number of anilines is 3. The summed E-state index contributed by atoms with van der Waals surface area (Å²) >= 11 is 0. The first-order chi connectivity index (χ1) is 6.11. The number of nitrogen functional groups attached to an aromatic ring is 3. The molecule has 1 heterocycles. The number of nitrogens with zero attached hydrogens (tertiary/aromatic N) is 2. The highest BCUT2D eigenvalue weighted by atomic mass is 16.8. The lowest BCUT2D eigenvalue weighted by atomic mass is 10.2. The van der Waals surface area contributed by atoms with E-state index in [9.17, 15) is 5.21 Å². The third-order valence-electron chi connectivity index (χ3n) is 1.79. The van der Waals surface area contributed by atoms with Crippen molar-refractivity contribution in [3.8, 4) is 0 Å². The predicted octanol–water partition coefficient (Wildman–Crippen LogP) is -0.792. The highest BCUT2D eigenvalue weighted by molar-refractivity contribution is 5.96. The van der Waals surface area contributed by atoms with Gasteiger partial charge in [0.05, 0.1) is 11.4 Å². The average Bonchev–Trinajstić information content (AvgIpc) is 2.43. The van der Waals surface area contributed by atoms with Crippen LogP contribution in [0.4, 0.5) is 17.1 Å². The molecule has 2 rings (SSSR count). The Kier molecular flexibility index (Phi) is 1.24. The second-order valence-corrected chi connectivity index (χ2v) is 2.59. The molecule has 0 saturated heterocycles. The van der Waals surface area contributed by atoms with Gasteiger partial charge in [-0.05, 0) is 4.90 Å². The largest absolute Gasteiger partial charge is 0.397 e. The summed E-state index contributed by atoms with van der Waals surface area (Å²) in [5.74, 6) is 0. The van der Waals surface area contributed by atoms with Gasteiger partial charge < -0.3 is 22.4 Å². The third kappa shape index (κ3) is 0.835. The summed E-state index contributed by atoms with van der Waals surface area (Å²) in [5.41, 5.74) is 17.5. The van der Waals surface area contributed by atoms with E-state index >= 15 is 0 Å². The van der Waals surface area contributed by atoms with E-state index < -0.39 is 0 Å². The molecule has 7 nitrogen and oxygen atoms in total. The van der Waals surface area contributed by atoms with Gasteiger partial charge in [-0.1, -0.05) is 0 Å². The second-order valence-electron chi connectivity index (χ2n) is 2.59. The zero-order chi connectivity index (χ0) is 9.59. The molecular weight excluding hydrogens is 174 g/mol. The molecule has 0 saturated carbocycles. The van der Waals surface area contributed by atoms with Gasteiger partial charge in [-0.25, -0.2) is 0 Å². The molecule has 0 aliphatic heterocycles. The number of rotatable bonds is 0. The minimum absolute atomic E-state index is 0.0891. The van der Waals surface area contributed by atoms with Crippen molar-refractivity contribution in [1.82, 2.24) is 5.16 Å². The molecule has 1 aromatic carbocycles. The second kappa shape index (κ2) is 2.16. The van der Waals surface area contributed by atoms with Crippen LogP contribution < -0.4 is 22.1 Å². The van der Waals surface area contributed by atoms with Crippen LogP contribution in [0.5, 0.6) is 0 Å². The number of hydrogen-bond donors (Lipinski definition) is 3. The van der Waals surface area contributed by atoms with E-state index in [0.29, 0.717) is 5.52 Å². The molecule has 0 aliphatic carbocycles. The number of aromatic nitrogens is 2. The maximum Gasteiger partial charge on any atom is 0.252 e. The molecule has 0 unspecified atom stereocenters. The number of benzene rings is 1. The van der Waals surface area contributed by atoms with Crippen LogP contribution in [0.1, 0.15) is 0 Å². The van der Waals surface area contributed by atoms with Crippen molar-refractivity contribution in [1.29, 1.82) is 0 Å². The summed E-state index contributed by atoms with van der Waals surface area (Å²) in [5, 5.41) is 14.4. The van der Waals surface area contributed by atoms with E-state index in [4.69, 9.17) is 17.2 Å². The Morgan fingerprint density at radius 1 is 1.31 bits per heavy atom. The fourth-order valence-electron chi connectivity index (χ4n) is 1.10. The van der Waals surface area contributed by atoms with Gasteiger partial charge in [0.1, 0.15) is 5.69 Å². The zero-order valence-electron chi connectivity index (χ0n) is 6.52. The Bertz CT molecular complexity index is 477. The van der Waals surface area contributed by atoms with E-state index in [2.05, 4.69) is 9.79 Å². The van der Waals surface area contributed by atoms with Gasteiger partial charge in [0.25, 0.3) is 11.0 Å². The molecule has 0 amide bonds. The highest BCUT2D eigenvalue weighted by Crippen LogP contribution is 2.28. The summed E-state index contributed by atoms with van der Waals surface area (Å²) in [6.07, 6.45) is 0. The lowest BCUT2D eigenvalue weighted by Gasteiger charge is -2.01. The van der Waals surface area contributed by atoms with Crippen LogP contribution in [0.25, 0.3) is 11.0 Å². The maximum atomic E-state index is 11.0. The van der Waals surface area contributed by atoms with Crippen molar-refractivity contribution in [3.05, 3.63) is 11.3 Å². The lowest BCUT2D eigenvalue weighted by molar-refractivity contribution is -0.781. The molecule has 0 radical (unpaired) electrons. The molecule has 13 heavy (non-hydrogen) atoms. The average molecular weight is 181 g/mol. The molecule has 0 atom stereocenters. The Balaban J connectivity index is 2.97. The molecule has 68 valence electrons. The first-order valence-corrected chi connectivity index (χ1v) is 3.44. The summed E-state index contributed by atoms with van der Waals surface area (Å²) in [7, 11) is 0. The topological polar surface area (TPSA) is 131 Å². The molecule has 6 N–H and O–H groups in total. The van der Waals surface area contributed by atoms with Crippen LogP contribution in [0.3, 0.4) is 0 Å². The van der Waals surface area contributed by atoms with Crippen molar-refractivity contribution >= 4 is 28.1 Å². The molecule has 0 spiro atoms. The third-order valence-corrected chi connectivity index (χ3v) is 1.79. The fraction of sp³-hybridized carbons (Fsp3) is 0. The maximum absolute atomic E-state index is 11.0. The molecule has 0 fully saturated rings. The number of hydrogen-bond acceptors (Lipinski definition) is 6. The van der Waals surface area contributed by atoms with Gasteiger partial charge in [-0.15, -0.1) is 0 Å². The smallest absolute Gasteiger partial charge is 0.252 e. The first-order valence-electron chi connectivity index (χ1n) is 3.44. The van der Waals surface area contributed by atoms with Gasteiger partial charge in [-0.2, -0.15) is 0 Å². The Morgan fingerprint density at radius 3 is 2.69 bits per heavy atom. The SMILES string of the molecule is Nc1cc2no[n+]([O-])c2c(N)c1N. The Labute approximate surface area is 72.2 Å². The van der Waals surface area contributed by atoms with Crippen LogP contribution in [0.15, 0.2) is 10.7 Å². The first kappa shape index (κ1) is 7.47. The highest BCUT2D eigenvalue weighted by Gasteiger charge is 2.17. The molecule has 0 aliphatic rings. The summed E-state index contributed by atoms with van der Waals surface area (Å²) in [4.78, 5) is 0.195. The normalized spacial score (nSPS) is 10.8. The summed E-state index contributed by atoms with van der Waals surface area (Å²) < 4.78 is 4.33. The van der Waals surface area contributed by atoms with Gasteiger partial charge >= 0.3 is 0 Å². The van der Waals surface area contributed by atoms with Crippen LogP contribution >= 0.6 is 0 Å². The van der Waals surface area contributed by atoms with Gasteiger partial charge in [0.2, 0.25) is 0 Å². The standard InChI is InChI=1S/C6H7N5O2/c7-2-1-3-6(5(9)4(2)8)11(12)13-10-3/h1H,7-9H2. The van der Waals surface area contributed by atoms with Crippen LogP contribution in [0, 0.1) is 5.21 Å². The molecule has 1 aromatic heterocycles. The van der Waals surface area contributed by atoms with E-state index in [-0.39, 0.29) is 27.5 Å². The van der Waals surface area contributed by atoms with Crippen molar-refractivity contribution in [2.75, 3.05) is 17.2 Å². The number of nitrogens with two attached hydrogens (primary N) is 3. The van der Waals surface area contributed by atoms with Crippen molar-refractivity contribution < 1.29 is 9.53 Å². The van der Waals surface area contributed by atoms with Crippen LogP contribution in [0.2, 0.25) is 0 Å². The van der Waals surface area contributed by atoms with Gasteiger partial charge in [0.15, 0.2) is 0 Å². The minimum atomic E-state index is 0.0891. The van der Waals surface area contributed by atoms with E-state index in [1.807, 2.05) is 0 Å².